The van der Waals surface area contributed by atoms with Gasteiger partial charge >= 0.3 is 0 Å². The first kappa shape index (κ1) is 13.5. The smallest absolute Gasteiger partial charge is 0.160 e. The van der Waals surface area contributed by atoms with Crippen LogP contribution in [0.5, 0.6) is 0 Å². The van der Waals surface area contributed by atoms with Crippen LogP contribution in [0.3, 0.4) is 0 Å². The summed E-state index contributed by atoms with van der Waals surface area (Å²) in [6.45, 7) is 0.728. The summed E-state index contributed by atoms with van der Waals surface area (Å²) in [6, 6.07) is 4.00. The van der Waals surface area contributed by atoms with Gasteiger partial charge in [-0.05, 0) is 49.4 Å². The van der Waals surface area contributed by atoms with Crippen LogP contribution >= 0.6 is 54.8 Å². The predicted molar refractivity (Wildman–Crippen MR) is 85.9 cm³/mol. The molecule has 0 N–H and O–H groups in total. The Morgan fingerprint density at radius 2 is 2.21 bits per heavy atom. The number of hydrogen-bond acceptors (Lipinski definition) is 3. The molecular weight excluding hydrogens is 413 g/mol. The Bertz CT molecular complexity index is 738. The molecular formula is C12H8Br2ClN3S. The highest BCUT2D eigenvalue weighted by Crippen LogP contribution is 2.26. The number of nitrogens with zero attached hydrogens (tertiary/aromatic N) is 3. The molecule has 19 heavy (non-hydrogen) atoms. The van der Waals surface area contributed by atoms with Crippen molar-refractivity contribution in [1.29, 1.82) is 0 Å². The van der Waals surface area contributed by atoms with Crippen LogP contribution in [0.1, 0.15) is 10.7 Å². The average molecular weight is 422 g/mol. The molecule has 0 bridgehead atoms. The largest absolute Gasteiger partial charge is 0.306 e. The lowest BCUT2D eigenvalue weighted by Gasteiger charge is -2.06. The highest BCUT2D eigenvalue weighted by atomic mass is 79.9. The van der Waals surface area contributed by atoms with E-state index in [-0.39, 0.29) is 0 Å². The van der Waals surface area contributed by atoms with E-state index in [2.05, 4.69) is 51.8 Å². The second-order valence-corrected chi connectivity index (χ2v) is 6.97. The fourth-order valence-corrected chi connectivity index (χ4v) is 3.87. The van der Waals surface area contributed by atoms with Gasteiger partial charge in [-0.25, -0.2) is 9.97 Å². The van der Waals surface area contributed by atoms with E-state index < -0.39 is 0 Å². The minimum absolute atomic E-state index is 0.372. The zero-order chi connectivity index (χ0) is 13.4. The molecule has 0 spiro atoms. The molecule has 0 saturated carbocycles. The first-order valence-electron chi connectivity index (χ1n) is 5.47. The standard InChI is InChI=1S/C12H8Br2ClN3S/c13-7-3-9-12(16-5-7)18(11(4-15)17-9)6-10-8(14)1-2-19-10/h1-3,5H,4,6H2. The Morgan fingerprint density at radius 3 is 2.89 bits per heavy atom. The van der Waals surface area contributed by atoms with Crippen LogP contribution in [0.25, 0.3) is 11.2 Å². The number of aromatic nitrogens is 3. The summed E-state index contributed by atoms with van der Waals surface area (Å²) in [5.74, 6) is 1.21. The molecule has 0 aliphatic heterocycles. The fourth-order valence-electron chi connectivity index (χ4n) is 1.88. The van der Waals surface area contributed by atoms with E-state index in [4.69, 9.17) is 11.6 Å². The van der Waals surface area contributed by atoms with Gasteiger partial charge in [0.05, 0.1) is 12.4 Å². The third kappa shape index (κ3) is 2.59. The number of halogens is 3. The molecule has 7 heteroatoms. The summed E-state index contributed by atoms with van der Waals surface area (Å²) in [6.07, 6.45) is 1.78. The van der Waals surface area contributed by atoms with Gasteiger partial charge in [0.2, 0.25) is 0 Å². The summed E-state index contributed by atoms with van der Waals surface area (Å²) in [7, 11) is 0. The van der Waals surface area contributed by atoms with Gasteiger partial charge in [-0.2, -0.15) is 0 Å². The van der Waals surface area contributed by atoms with Gasteiger partial charge in [-0.1, -0.05) is 0 Å². The Morgan fingerprint density at radius 1 is 1.37 bits per heavy atom. The molecule has 3 nitrogen and oxygen atoms in total. The second kappa shape index (κ2) is 5.52. The van der Waals surface area contributed by atoms with Crippen molar-refractivity contribution in [1.82, 2.24) is 14.5 Å². The minimum atomic E-state index is 0.372. The number of alkyl halides is 1. The maximum atomic E-state index is 5.99. The van der Waals surface area contributed by atoms with Crippen LogP contribution in [0.2, 0.25) is 0 Å². The van der Waals surface area contributed by atoms with Crippen molar-refractivity contribution in [3.8, 4) is 0 Å². The lowest BCUT2D eigenvalue weighted by Crippen LogP contribution is -2.03. The Kier molecular flexibility index (Phi) is 3.93. The van der Waals surface area contributed by atoms with Crippen molar-refractivity contribution >= 4 is 66.0 Å². The molecule has 0 fully saturated rings. The zero-order valence-corrected chi connectivity index (χ0v) is 14.4. The number of pyridine rings is 1. The normalized spacial score (nSPS) is 11.3. The molecule has 0 radical (unpaired) electrons. The maximum Gasteiger partial charge on any atom is 0.160 e. The number of thiophene rings is 1. The molecule has 3 aromatic rings. The van der Waals surface area contributed by atoms with Crippen molar-refractivity contribution in [3.05, 3.63) is 43.4 Å². The van der Waals surface area contributed by atoms with Crippen LogP contribution in [0.4, 0.5) is 0 Å². The Labute approximate surface area is 135 Å². The maximum absolute atomic E-state index is 5.99. The minimum Gasteiger partial charge on any atom is -0.306 e. The quantitative estimate of drug-likeness (QED) is 0.569. The summed E-state index contributed by atoms with van der Waals surface area (Å²) in [5, 5.41) is 2.06. The van der Waals surface area contributed by atoms with E-state index in [0.717, 1.165) is 32.5 Å². The number of fused-ring (bicyclic) bond motifs is 1. The molecule has 3 rings (SSSR count). The molecule has 0 aromatic carbocycles. The molecule has 0 saturated heterocycles. The third-order valence-corrected chi connectivity index (χ3v) is 5.33. The number of imidazole rings is 1. The topological polar surface area (TPSA) is 30.7 Å². The lowest BCUT2D eigenvalue weighted by molar-refractivity contribution is 0.778. The number of hydrogen-bond donors (Lipinski definition) is 0. The number of rotatable bonds is 3. The van der Waals surface area contributed by atoms with E-state index in [0.29, 0.717) is 5.88 Å². The average Bonchev–Trinajstić information content (AvgIpc) is 2.94. The SMILES string of the molecule is ClCc1nc2cc(Br)cnc2n1Cc1sccc1Br. The first-order chi connectivity index (χ1) is 9.19. The van der Waals surface area contributed by atoms with Crippen molar-refractivity contribution in [2.45, 2.75) is 12.4 Å². The van der Waals surface area contributed by atoms with Crippen LogP contribution in [0.15, 0.2) is 32.7 Å². The fraction of sp³-hybridized carbons (Fsp3) is 0.167. The van der Waals surface area contributed by atoms with Gasteiger partial charge < -0.3 is 4.57 Å². The molecule has 0 aliphatic rings. The van der Waals surface area contributed by atoms with Gasteiger partial charge in [0, 0.05) is 20.0 Å². The summed E-state index contributed by atoms with van der Waals surface area (Å²) in [4.78, 5) is 10.2. The van der Waals surface area contributed by atoms with E-state index in [9.17, 15) is 0 Å². The summed E-state index contributed by atoms with van der Waals surface area (Å²) >= 11 is 14.7. The van der Waals surface area contributed by atoms with Crippen LogP contribution in [-0.4, -0.2) is 14.5 Å². The van der Waals surface area contributed by atoms with Crippen LogP contribution in [0, 0.1) is 0 Å². The summed E-state index contributed by atoms with van der Waals surface area (Å²) < 4.78 is 4.09. The first-order valence-corrected chi connectivity index (χ1v) is 8.47. The Hall–Kier alpha value is -0.430. The molecule has 0 aliphatic carbocycles. The molecule has 0 unspecified atom stereocenters. The molecule has 3 heterocycles. The second-order valence-electron chi connectivity index (χ2n) is 3.94. The van der Waals surface area contributed by atoms with Crippen molar-refractivity contribution < 1.29 is 0 Å². The molecule has 3 aromatic heterocycles. The van der Waals surface area contributed by atoms with Crippen LogP contribution < -0.4 is 0 Å². The summed E-state index contributed by atoms with van der Waals surface area (Å²) in [5.41, 5.74) is 1.72. The van der Waals surface area contributed by atoms with Gasteiger partial charge in [0.15, 0.2) is 5.65 Å². The zero-order valence-electron chi connectivity index (χ0n) is 9.61. The van der Waals surface area contributed by atoms with Crippen LogP contribution in [-0.2, 0) is 12.4 Å². The van der Waals surface area contributed by atoms with Gasteiger partial charge in [-0.15, -0.1) is 22.9 Å². The van der Waals surface area contributed by atoms with E-state index in [1.807, 2.05) is 12.1 Å². The van der Waals surface area contributed by atoms with E-state index in [1.165, 1.54) is 4.88 Å². The highest BCUT2D eigenvalue weighted by molar-refractivity contribution is 9.10. The van der Waals surface area contributed by atoms with Crippen molar-refractivity contribution in [2.24, 2.45) is 0 Å². The molecule has 0 atom stereocenters. The lowest BCUT2D eigenvalue weighted by atomic mass is 10.4. The molecule has 0 amide bonds. The Balaban J connectivity index is 2.13. The third-order valence-electron chi connectivity index (χ3n) is 2.74. The van der Waals surface area contributed by atoms with E-state index >= 15 is 0 Å². The van der Waals surface area contributed by atoms with E-state index in [1.54, 1.807) is 17.5 Å². The highest BCUT2D eigenvalue weighted by Gasteiger charge is 2.13. The molecule has 98 valence electrons. The van der Waals surface area contributed by atoms with Gasteiger partial charge in [0.1, 0.15) is 11.3 Å². The van der Waals surface area contributed by atoms with Crippen molar-refractivity contribution in [2.75, 3.05) is 0 Å². The van der Waals surface area contributed by atoms with Gasteiger partial charge in [-0.3, -0.25) is 0 Å². The monoisotopic (exact) mass is 419 g/mol. The predicted octanol–water partition coefficient (Wildman–Crippen LogP) is 4.80. The van der Waals surface area contributed by atoms with Crippen molar-refractivity contribution in [3.63, 3.8) is 0 Å². The van der Waals surface area contributed by atoms with Gasteiger partial charge in [0.25, 0.3) is 0 Å².